The van der Waals surface area contributed by atoms with Crippen molar-refractivity contribution in [3.63, 3.8) is 0 Å². The molecule has 2 N–H and O–H groups in total. The van der Waals surface area contributed by atoms with Gasteiger partial charge in [-0.3, -0.25) is 9.13 Å². The van der Waals surface area contributed by atoms with E-state index >= 15 is 0 Å². The second-order valence-electron chi connectivity index (χ2n) is 4.53. The van der Waals surface area contributed by atoms with E-state index in [1.165, 1.54) is 18.7 Å². The van der Waals surface area contributed by atoms with Crippen LogP contribution in [0.1, 0.15) is 20.3 Å². The summed E-state index contributed by atoms with van der Waals surface area (Å²) in [6.45, 7) is 3.99. The fourth-order valence-corrected chi connectivity index (χ4v) is 3.57. The maximum absolute atomic E-state index is 14.3. The molecule has 8 nitrogen and oxygen atoms in total. The van der Waals surface area contributed by atoms with Crippen LogP contribution in [0.4, 0.5) is 10.2 Å². The van der Waals surface area contributed by atoms with Crippen LogP contribution in [-0.2, 0) is 13.6 Å². The molecule has 2 aromatic heterocycles. The van der Waals surface area contributed by atoms with Crippen LogP contribution in [0, 0.1) is 0 Å². The van der Waals surface area contributed by atoms with Crippen molar-refractivity contribution in [2.45, 2.75) is 20.3 Å². The van der Waals surface area contributed by atoms with E-state index in [0.29, 0.717) is 5.52 Å². The molecule has 0 aromatic carbocycles. The summed E-state index contributed by atoms with van der Waals surface area (Å²) < 4.78 is 38.0. The molecule has 0 aliphatic rings. The van der Waals surface area contributed by atoms with Gasteiger partial charge in [-0.2, -0.15) is 4.39 Å². The first-order valence-electron chi connectivity index (χ1n) is 7.18. The predicted octanol–water partition coefficient (Wildman–Crippen LogP) is 2.83. The van der Waals surface area contributed by atoms with Gasteiger partial charge in [0.25, 0.3) is 0 Å². The Labute approximate surface area is 133 Å². The Kier molecular flexibility index (Phi) is 5.81. The topological polar surface area (TPSA) is 105 Å². The summed E-state index contributed by atoms with van der Waals surface area (Å²) in [5, 5.41) is 0. The highest BCUT2D eigenvalue weighted by Crippen LogP contribution is 2.48. The van der Waals surface area contributed by atoms with Gasteiger partial charge in [-0.1, -0.05) is 0 Å². The summed E-state index contributed by atoms with van der Waals surface area (Å²) in [6.07, 6.45) is 4.06. The zero-order valence-electron chi connectivity index (χ0n) is 13.0. The zero-order valence-corrected chi connectivity index (χ0v) is 13.9. The SMILES string of the molecule is CCOP(=O)(CC/C=C(\F)n1cnc2c(N)ncnc21)OCC. The minimum absolute atomic E-state index is 0.0891. The number of anilines is 1. The maximum Gasteiger partial charge on any atom is 0.330 e. The molecule has 126 valence electrons. The lowest BCUT2D eigenvalue weighted by atomic mass is 10.4. The highest BCUT2D eigenvalue weighted by molar-refractivity contribution is 7.53. The summed E-state index contributed by atoms with van der Waals surface area (Å²) in [5.74, 6) is -0.413. The van der Waals surface area contributed by atoms with E-state index in [-0.39, 0.29) is 37.3 Å². The molecule has 2 aromatic rings. The Hall–Kier alpha value is -1.83. The highest BCUT2D eigenvalue weighted by Gasteiger charge is 2.22. The van der Waals surface area contributed by atoms with Crippen molar-refractivity contribution in [3.05, 3.63) is 18.7 Å². The van der Waals surface area contributed by atoms with Gasteiger partial charge in [0.2, 0.25) is 0 Å². The molecular weight excluding hydrogens is 324 g/mol. The fraction of sp³-hybridized carbons (Fsp3) is 0.462. The second kappa shape index (κ2) is 7.63. The monoisotopic (exact) mass is 343 g/mol. The summed E-state index contributed by atoms with van der Waals surface area (Å²) in [4.78, 5) is 11.7. The predicted molar refractivity (Wildman–Crippen MR) is 85.5 cm³/mol. The lowest BCUT2D eigenvalue weighted by Crippen LogP contribution is -2.00. The number of aromatic nitrogens is 4. The van der Waals surface area contributed by atoms with Crippen molar-refractivity contribution in [1.29, 1.82) is 0 Å². The Morgan fingerprint density at radius 3 is 2.70 bits per heavy atom. The second-order valence-corrected chi connectivity index (χ2v) is 6.72. The Morgan fingerprint density at radius 2 is 2.04 bits per heavy atom. The standard InChI is InChI=1S/C13H19FN5O3P/c1-3-21-23(20,22-4-2)7-5-6-10(14)19-9-18-11-12(15)16-8-17-13(11)19/h6,8-9H,3-5,7H2,1-2H3,(H2,15,16,17)/b10-6+. The number of nitrogens with two attached hydrogens (primary N) is 1. The van der Waals surface area contributed by atoms with E-state index in [1.54, 1.807) is 13.8 Å². The largest absolute Gasteiger partial charge is 0.382 e. The van der Waals surface area contributed by atoms with Crippen LogP contribution in [-0.4, -0.2) is 38.9 Å². The van der Waals surface area contributed by atoms with Crippen LogP contribution in [0.3, 0.4) is 0 Å². The van der Waals surface area contributed by atoms with Gasteiger partial charge in [0.05, 0.1) is 19.4 Å². The number of nitrogen functional groups attached to an aromatic ring is 1. The van der Waals surface area contributed by atoms with Gasteiger partial charge in [-0.25, -0.2) is 15.0 Å². The van der Waals surface area contributed by atoms with E-state index in [2.05, 4.69) is 15.0 Å². The van der Waals surface area contributed by atoms with Gasteiger partial charge in [0.1, 0.15) is 12.7 Å². The van der Waals surface area contributed by atoms with Crippen LogP contribution >= 0.6 is 7.60 Å². The molecule has 0 unspecified atom stereocenters. The van der Waals surface area contributed by atoms with Crippen molar-refractivity contribution in [3.8, 4) is 0 Å². The zero-order chi connectivity index (χ0) is 16.9. The van der Waals surface area contributed by atoms with E-state index in [9.17, 15) is 8.96 Å². The third-order valence-electron chi connectivity index (χ3n) is 2.96. The molecule has 0 radical (unpaired) electrons. The van der Waals surface area contributed by atoms with Crippen molar-refractivity contribution in [2.75, 3.05) is 25.1 Å². The average Bonchev–Trinajstić information content (AvgIpc) is 2.93. The number of hydrogen-bond donors (Lipinski definition) is 1. The van der Waals surface area contributed by atoms with Crippen molar-refractivity contribution in [1.82, 2.24) is 19.5 Å². The fourth-order valence-electron chi connectivity index (χ4n) is 2.01. The van der Waals surface area contributed by atoms with Gasteiger partial charge >= 0.3 is 7.60 Å². The number of imidazole rings is 1. The maximum atomic E-state index is 14.3. The van der Waals surface area contributed by atoms with Crippen LogP contribution in [0.5, 0.6) is 0 Å². The Morgan fingerprint density at radius 1 is 1.35 bits per heavy atom. The molecule has 23 heavy (non-hydrogen) atoms. The highest BCUT2D eigenvalue weighted by atomic mass is 31.2. The molecule has 0 bridgehead atoms. The van der Waals surface area contributed by atoms with Crippen molar-refractivity contribution < 1.29 is 18.0 Å². The molecular formula is C13H19FN5O3P. The number of nitrogens with zero attached hydrogens (tertiary/aromatic N) is 4. The third-order valence-corrected chi connectivity index (χ3v) is 5.07. The van der Waals surface area contributed by atoms with E-state index in [0.717, 1.165) is 4.57 Å². The summed E-state index contributed by atoms with van der Waals surface area (Å²) in [6, 6.07) is 0. The van der Waals surface area contributed by atoms with E-state index < -0.39 is 13.5 Å². The third kappa shape index (κ3) is 4.13. The van der Waals surface area contributed by atoms with Crippen LogP contribution < -0.4 is 5.73 Å². The normalized spacial score (nSPS) is 12.9. The van der Waals surface area contributed by atoms with Crippen LogP contribution in [0.15, 0.2) is 18.7 Å². The van der Waals surface area contributed by atoms with Gasteiger partial charge in [-0.15, -0.1) is 0 Å². The Balaban J connectivity index is 2.13. The number of fused-ring (bicyclic) bond motifs is 1. The molecule has 0 amide bonds. The first-order valence-corrected chi connectivity index (χ1v) is 8.91. The number of rotatable bonds is 8. The quantitative estimate of drug-likeness (QED) is 0.735. The summed E-state index contributed by atoms with van der Waals surface area (Å²) >= 11 is 0. The minimum atomic E-state index is -3.19. The number of hydrogen-bond acceptors (Lipinski definition) is 7. The molecule has 2 rings (SSSR count). The molecule has 0 spiro atoms. The van der Waals surface area contributed by atoms with Crippen LogP contribution in [0.2, 0.25) is 0 Å². The smallest absolute Gasteiger partial charge is 0.330 e. The first kappa shape index (κ1) is 17.5. The van der Waals surface area contributed by atoms with Gasteiger partial charge in [-0.05, 0) is 26.3 Å². The molecule has 0 atom stereocenters. The summed E-state index contributed by atoms with van der Waals surface area (Å²) in [5.41, 5.74) is 6.25. The van der Waals surface area contributed by atoms with E-state index in [4.69, 9.17) is 14.8 Å². The molecule has 0 saturated heterocycles. The lowest BCUT2D eigenvalue weighted by Gasteiger charge is -2.15. The summed E-state index contributed by atoms with van der Waals surface area (Å²) in [7, 11) is -3.19. The molecule has 0 aliphatic carbocycles. The van der Waals surface area contributed by atoms with Crippen molar-refractivity contribution >= 4 is 30.5 Å². The van der Waals surface area contributed by atoms with Gasteiger partial charge in [0.15, 0.2) is 22.9 Å². The van der Waals surface area contributed by atoms with E-state index in [1.807, 2.05) is 0 Å². The molecule has 0 aliphatic heterocycles. The average molecular weight is 343 g/mol. The van der Waals surface area contributed by atoms with Gasteiger partial charge in [0, 0.05) is 0 Å². The molecule has 0 saturated carbocycles. The lowest BCUT2D eigenvalue weighted by molar-refractivity contribution is 0.220. The van der Waals surface area contributed by atoms with Gasteiger partial charge < -0.3 is 14.8 Å². The number of halogens is 1. The molecule has 0 fully saturated rings. The molecule has 10 heteroatoms. The Bertz CT molecular complexity index is 738. The minimum Gasteiger partial charge on any atom is -0.382 e. The molecule has 2 heterocycles. The van der Waals surface area contributed by atoms with Crippen molar-refractivity contribution in [2.24, 2.45) is 0 Å². The first-order chi connectivity index (χ1) is 11.0. The van der Waals surface area contributed by atoms with Crippen LogP contribution in [0.25, 0.3) is 17.1 Å². The number of allylic oxidation sites excluding steroid dienone is 1.